The fourth-order valence-electron chi connectivity index (χ4n) is 2.18. The molecule has 1 fully saturated rings. The Morgan fingerprint density at radius 3 is 2.61 bits per heavy atom. The summed E-state index contributed by atoms with van der Waals surface area (Å²) in [5.41, 5.74) is 0. The molecule has 0 spiro atoms. The van der Waals surface area contributed by atoms with Gasteiger partial charge in [-0.25, -0.2) is 0 Å². The fraction of sp³-hybridized carbons (Fsp3) is 0.846. The minimum Gasteiger partial charge on any atom is -0.352 e. The van der Waals surface area contributed by atoms with E-state index in [0.29, 0.717) is 12.6 Å². The van der Waals surface area contributed by atoms with Gasteiger partial charge in [0, 0.05) is 12.1 Å². The number of hydrogen-bond acceptors (Lipinski definition) is 3. The Morgan fingerprint density at radius 1 is 1.28 bits per heavy atom. The van der Waals surface area contributed by atoms with Gasteiger partial charge in [0.15, 0.2) is 0 Å². The summed E-state index contributed by atoms with van der Waals surface area (Å²) in [5.74, 6) is -0.201. The highest BCUT2D eigenvalue weighted by atomic mass is 16.2. The monoisotopic (exact) mass is 255 g/mol. The Hall–Kier alpha value is -1.10. The molecule has 0 aromatic rings. The van der Waals surface area contributed by atoms with Crippen molar-refractivity contribution in [3.63, 3.8) is 0 Å². The number of hydrogen-bond donors (Lipinski definition) is 2. The van der Waals surface area contributed by atoms with Crippen molar-refractivity contribution in [2.75, 3.05) is 19.6 Å². The minimum absolute atomic E-state index is 0.0670. The van der Waals surface area contributed by atoms with E-state index in [4.69, 9.17) is 0 Å². The normalized spacial score (nSPS) is 20.8. The zero-order valence-electron chi connectivity index (χ0n) is 11.7. The van der Waals surface area contributed by atoms with E-state index in [1.54, 1.807) is 0 Å². The van der Waals surface area contributed by atoms with Crippen LogP contribution in [0.15, 0.2) is 0 Å². The van der Waals surface area contributed by atoms with Gasteiger partial charge in [0.25, 0.3) is 0 Å². The maximum absolute atomic E-state index is 11.7. The second-order valence-electron chi connectivity index (χ2n) is 5.31. The van der Waals surface area contributed by atoms with Crippen LogP contribution in [0.5, 0.6) is 0 Å². The van der Waals surface area contributed by atoms with Crippen LogP contribution in [0.1, 0.15) is 40.0 Å². The van der Waals surface area contributed by atoms with Gasteiger partial charge in [-0.1, -0.05) is 6.42 Å². The van der Waals surface area contributed by atoms with Crippen molar-refractivity contribution < 1.29 is 9.59 Å². The number of rotatable bonds is 5. The summed E-state index contributed by atoms with van der Waals surface area (Å²) in [7, 11) is 0. The number of carbonyl (C=O) groups is 2. The maximum atomic E-state index is 11.7. The van der Waals surface area contributed by atoms with E-state index in [2.05, 4.69) is 22.5 Å². The van der Waals surface area contributed by atoms with Gasteiger partial charge in [0.05, 0.1) is 13.1 Å². The van der Waals surface area contributed by atoms with Crippen LogP contribution in [0.3, 0.4) is 0 Å². The van der Waals surface area contributed by atoms with Crippen molar-refractivity contribution >= 4 is 11.8 Å². The molecular formula is C13H25N3O2. The van der Waals surface area contributed by atoms with E-state index < -0.39 is 0 Å². The topological polar surface area (TPSA) is 61.4 Å². The molecule has 0 aromatic heterocycles. The van der Waals surface area contributed by atoms with Gasteiger partial charge in [-0.05, 0) is 40.2 Å². The molecule has 0 aromatic carbocycles. The summed E-state index contributed by atoms with van der Waals surface area (Å²) in [4.78, 5) is 25.3. The lowest BCUT2D eigenvalue weighted by atomic mass is 10.0. The molecule has 0 unspecified atom stereocenters. The first-order chi connectivity index (χ1) is 8.49. The SMILES string of the molecule is CC(C)NC(=O)CNC(=O)CN1CCCC[C@@H]1C. The first-order valence-electron chi connectivity index (χ1n) is 6.79. The molecule has 2 N–H and O–H groups in total. The average Bonchev–Trinajstić information content (AvgIpc) is 2.29. The van der Waals surface area contributed by atoms with Gasteiger partial charge in [0.1, 0.15) is 0 Å². The minimum atomic E-state index is -0.134. The van der Waals surface area contributed by atoms with E-state index in [1.807, 2.05) is 13.8 Å². The van der Waals surface area contributed by atoms with Crippen molar-refractivity contribution in [1.82, 2.24) is 15.5 Å². The number of piperidine rings is 1. The first kappa shape index (κ1) is 15.0. The van der Waals surface area contributed by atoms with Crippen molar-refractivity contribution in [3.8, 4) is 0 Å². The van der Waals surface area contributed by atoms with Crippen molar-refractivity contribution in [2.45, 2.75) is 52.1 Å². The Balaban J connectivity index is 2.22. The van der Waals surface area contributed by atoms with E-state index in [-0.39, 0.29) is 24.4 Å². The van der Waals surface area contributed by atoms with E-state index in [0.717, 1.165) is 19.4 Å². The largest absolute Gasteiger partial charge is 0.352 e. The predicted octanol–water partition coefficient (Wildman–Crippen LogP) is 0.502. The zero-order valence-corrected chi connectivity index (χ0v) is 11.7. The summed E-state index contributed by atoms with van der Waals surface area (Å²) in [6.45, 7) is 7.39. The maximum Gasteiger partial charge on any atom is 0.239 e. The molecule has 1 heterocycles. The van der Waals surface area contributed by atoms with Crippen LogP contribution >= 0.6 is 0 Å². The molecule has 1 aliphatic rings. The molecule has 5 heteroatoms. The number of nitrogens with one attached hydrogen (secondary N) is 2. The summed E-state index contributed by atoms with van der Waals surface area (Å²) in [5, 5.41) is 5.41. The van der Waals surface area contributed by atoms with Crippen LogP contribution in [-0.4, -0.2) is 48.4 Å². The van der Waals surface area contributed by atoms with Crippen molar-refractivity contribution in [1.29, 1.82) is 0 Å². The van der Waals surface area contributed by atoms with Crippen LogP contribution in [0.2, 0.25) is 0 Å². The van der Waals surface area contributed by atoms with Gasteiger partial charge in [-0.15, -0.1) is 0 Å². The molecule has 0 radical (unpaired) electrons. The van der Waals surface area contributed by atoms with Crippen LogP contribution in [0, 0.1) is 0 Å². The van der Waals surface area contributed by atoms with E-state index in [1.165, 1.54) is 6.42 Å². The lowest BCUT2D eigenvalue weighted by Crippen LogP contribution is -2.46. The van der Waals surface area contributed by atoms with Gasteiger partial charge in [-0.3, -0.25) is 14.5 Å². The molecular weight excluding hydrogens is 230 g/mol. The summed E-state index contributed by atoms with van der Waals surface area (Å²) in [6.07, 6.45) is 3.56. The molecule has 1 aliphatic heterocycles. The number of likely N-dealkylation sites (tertiary alicyclic amines) is 1. The molecule has 0 saturated carbocycles. The van der Waals surface area contributed by atoms with Gasteiger partial charge >= 0.3 is 0 Å². The van der Waals surface area contributed by atoms with E-state index in [9.17, 15) is 9.59 Å². The third kappa shape index (κ3) is 5.49. The molecule has 18 heavy (non-hydrogen) atoms. The highest BCUT2D eigenvalue weighted by Gasteiger charge is 2.20. The van der Waals surface area contributed by atoms with Crippen LogP contribution in [0.4, 0.5) is 0 Å². The predicted molar refractivity (Wildman–Crippen MR) is 71.2 cm³/mol. The number of amides is 2. The molecule has 104 valence electrons. The Kier molecular flexibility index (Phi) is 6.12. The average molecular weight is 255 g/mol. The highest BCUT2D eigenvalue weighted by Crippen LogP contribution is 2.15. The second-order valence-corrected chi connectivity index (χ2v) is 5.31. The first-order valence-corrected chi connectivity index (χ1v) is 6.79. The Morgan fingerprint density at radius 2 is 2.00 bits per heavy atom. The number of carbonyl (C=O) groups excluding carboxylic acids is 2. The highest BCUT2D eigenvalue weighted by molar-refractivity contribution is 5.85. The molecule has 5 nitrogen and oxygen atoms in total. The van der Waals surface area contributed by atoms with Gasteiger partial charge in [-0.2, -0.15) is 0 Å². The van der Waals surface area contributed by atoms with Crippen molar-refractivity contribution in [2.24, 2.45) is 0 Å². The molecule has 1 saturated heterocycles. The second kappa shape index (κ2) is 7.36. The molecule has 0 bridgehead atoms. The smallest absolute Gasteiger partial charge is 0.239 e. The van der Waals surface area contributed by atoms with Crippen LogP contribution < -0.4 is 10.6 Å². The third-order valence-corrected chi connectivity index (χ3v) is 3.18. The molecule has 2 amide bonds. The summed E-state index contributed by atoms with van der Waals surface area (Å²) >= 11 is 0. The lowest BCUT2D eigenvalue weighted by molar-refractivity contribution is -0.127. The summed E-state index contributed by atoms with van der Waals surface area (Å²) in [6, 6.07) is 0.575. The standard InChI is InChI=1S/C13H25N3O2/c1-10(2)15-12(17)8-14-13(18)9-16-7-5-4-6-11(16)3/h10-11H,4-9H2,1-3H3,(H,14,18)(H,15,17)/t11-/m0/s1. The zero-order chi connectivity index (χ0) is 13.5. The van der Waals surface area contributed by atoms with E-state index >= 15 is 0 Å². The fourth-order valence-corrected chi connectivity index (χ4v) is 2.18. The van der Waals surface area contributed by atoms with Crippen molar-refractivity contribution in [3.05, 3.63) is 0 Å². The summed E-state index contributed by atoms with van der Waals surface area (Å²) < 4.78 is 0. The molecule has 1 rings (SSSR count). The van der Waals surface area contributed by atoms with Gasteiger partial charge in [0.2, 0.25) is 11.8 Å². The van der Waals surface area contributed by atoms with Crippen LogP contribution in [-0.2, 0) is 9.59 Å². The third-order valence-electron chi connectivity index (χ3n) is 3.18. The van der Waals surface area contributed by atoms with Gasteiger partial charge < -0.3 is 10.6 Å². The lowest BCUT2D eigenvalue weighted by Gasteiger charge is -2.32. The molecule has 1 atom stereocenters. The quantitative estimate of drug-likeness (QED) is 0.752. The molecule has 0 aliphatic carbocycles. The Bertz CT molecular complexity index is 292. The number of nitrogens with zero attached hydrogens (tertiary/aromatic N) is 1. The Labute approximate surface area is 109 Å². The van der Waals surface area contributed by atoms with Crippen LogP contribution in [0.25, 0.3) is 0 Å².